The van der Waals surface area contributed by atoms with Crippen molar-refractivity contribution in [3.05, 3.63) is 0 Å². The normalized spacial score (nSPS) is 13.8. The Labute approximate surface area is 116 Å². The third-order valence-electron chi connectivity index (χ3n) is 3.76. The van der Waals surface area contributed by atoms with E-state index in [2.05, 4.69) is 53.6 Å². The van der Waals surface area contributed by atoms with Crippen LogP contribution in [0.15, 0.2) is 4.99 Å². The Hall–Kier alpha value is -0.140. The molecule has 0 heterocycles. The topological polar surface area (TPSA) is 15.6 Å². The molecule has 0 fully saturated rings. The van der Waals surface area contributed by atoms with Crippen molar-refractivity contribution < 1.29 is 4.48 Å². The van der Waals surface area contributed by atoms with Gasteiger partial charge in [-0.05, 0) is 0 Å². The zero-order valence-corrected chi connectivity index (χ0v) is 15.5. The van der Waals surface area contributed by atoms with Crippen LogP contribution in [0.25, 0.3) is 0 Å². The van der Waals surface area contributed by atoms with Gasteiger partial charge in [0.25, 0.3) is 5.96 Å². The zero-order chi connectivity index (χ0) is 15.0. The van der Waals surface area contributed by atoms with E-state index in [4.69, 9.17) is 0 Å². The second-order valence-corrected chi connectivity index (χ2v) is 12.0. The first-order valence-electron chi connectivity index (χ1n) is 7.04. The summed E-state index contributed by atoms with van der Waals surface area (Å²) in [7, 11) is 11.5. The van der Waals surface area contributed by atoms with Crippen LogP contribution in [0, 0.1) is 0 Å². The maximum absolute atomic E-state index is 4.17. The van der Waals surface area contributed by atoms with E-state index >= 15 is 0 Å². The summed E-state index contributed by atoms with van der Waals surface area (Å²) < 4.78 is 0.767. The van der Waals surface area contributed by atoms with Crippen molar-refractivity contribution in [2.75, 3.05) is 67.4 Å². The van der Waals surface area contributed by atoms with Gasteiger partial charge in [-0.1, -0.05) is 0 Å². The van der Waals surface area contributed by atoms with Crippen LogP contribution in [-0.4, -0.2) is 82.8 Å². The van der Waals surface area contributed by atoms with Gasteiger partial charge in [0, 0.05) is 21.1 Å². The maximum atomic E-state index is 4.17. The molecule has 0 radical (unpaired) electrons. The summed E-state index contributed by atoms with van der Waals surface area (Å²) in [6.07, 6.45) is 4.38. The van der Waals surface area contributed by atoms with Crippen molar-refractivity contribution in [1.82, 2.24) is 4.90 Å². The molecule has 0 rings (SSSR count). The van der Waals surface area contributed by atoms with Gasteiger partial charge in [-0.2, -0.15) is 0 Å². The molecule has 4 heteroatoms. The average molecular weight is 278 g/mol. The van der Waals surface area contributed by atoms with Crippen LogP contribution >= 0.6 is 7.26 Å². The molecule has 0 aromatic carbocycles. The number of rotatable bonds is 3. The van der Waals surface area contributed by atoms with Crippen LogP contribution in [0.5, 0.6) is 0 Å². The second-order valence-electron chi connectivity index (χ2n) is 6.30. The van der Waals surface area contributed by atoms with Crippen LogP contribution in [0.2, 0.25) is 0 Å². The quantitative estimate of drug-likeness (QED) is 0.335. The van der Waals surface area contributed by atoms with Crippen molar-refractivity contribution >= 4 is 13.2 Å². The number of hydrogen-bond acceptors (Lipinski definition) is 1. The third-order valence-corrected chi connectivity index (χ3v) is 8.88. The Bertz CT molecular complexity index is 230. The second kappa shape index (κ2) is 8.87. The number of guanidine groups is 1. The molecule has 0 N–H and O–H groups in total. The number of hydrogen-bond donors (Lipinski definition) is 0. The summed E-state index contributed by atoms with van der Waals surface area (Å²) in [5.74, 6) is 1.07. The van der Waals surface area contributed by atoms with Gasteiger partial charge in [0.2, 0.25) is 0 Å². The zero-order valence-electron chi connectivity index (χ0n) is 14.5. The Kier molecular flexibility index (Phi) is 9.95. The van der Waals surface area contributed by atoms with Crippen LogP contribution in [-0.2, 0) is 0 Å². The van der Waals surface area contributed by atoms with Crippen molar-refractivity contribution in [3.8, 4) is 0 Å². The molecule has 0 aliphatic rings. The molecule has 0 aliphatic carbocycles. The molecule has 0 aliphatic heterocycles. The number of quaternary nitrogens is 1. The fraction of sp³-hybridized carbons (Fsp3) is 0.929. The molecule has 3 nitrogen and oxygen atoms in total. The molecular weight excluding hydrogens is 241 g/mol. The van der Waals surface area contributed by atoms with Crippen LogP contribution in [0.3, 0.4) is 0 Å². The van der Waals surface area contributed by atoms with E-state index in [-0.39, 0.29) is 0 Å². The molecule has 0 aromatic heterocycles. The molecule has 0 aromatic rings. The monoisotopic (exact) mass is 278 g/mol. The standard InChI is InChI=1S/C7H18N3.C7H19P/c1-8-7(9(2)3)10(4,5)6;1-5-8(4,6-2)7-3/h1-6H3;8H,5-7H2,1-4H3/q+1;/b8-7+;. The molecule has 0 saturated carbocycles. The molecule has 18 heavy (non-hydrogen) atoms. The molecule has 0 spiro atoms. The van der Waals surface area contributed by atoms with E-state index in [1.54, 1.807) is 0 Å². The fourth-order valence-corrected chi connectivity index (χ4v) is 3.35. The summed E-state index contributed by atoms with van der Waals surface area (Å²) in [5.41, 5.74) is 0. The Balaban J connectivity index is 0. The van der Waals surface area contributed by atoms with Gasteiger partial charge in [-0.3, -0.25) is 4.48 Å². The van der Waals surface area contributed by atoms with E-state index in [1.807, 2.05) is 26.0 Å². The summed E-state index contributed by atoms with van der Waals surface area (Å²) in [6.45, 7) is 9.49. The minimum atomic E-state index is -0.671. The van der Waals surface area contributed by atoms with E-state index in [9.17, 15) is 0 Å². The Morgan fingerprint density at radius 2 is 1.33 bits per heavy atom. The van der Waals surface area contributed by atoms with Crippen molar-refractivity contribution in [2.24, 2.45) is 4.99 Å². The van der Waals surface area contributed by atoms with Crippen molar-refractivity contribution in [1.29, 1.82) is 0 Å². The summed E-state index contributed by atoms with van der Waals surface area (Å²) in [4.78, 5) is 6.20. The first-order valence-corrected chi connectivity index (χ1v) is 10.2. The van der Waals surface area contributed by atoms with Crippen LogP contribution < -0.4 is 0 Å². The van der Waals surface area contributed by atoms with Gasteiger partial charge in [-0.15, -0.1) is 0 Å². The molecule has 0 atom stereocenters. The van der Waals surface area contributed by atoms with Gasteiger partial charge in [-0.25, -0.2) is 4.99 Å². The predicted molar refractivity (Wildman–Crippen MR) is 90.9 cm³/mol. The Morgan fingerprint density at radius 1 is 1.00 bits per heavy atom. The van der Waals surface area contributed by atoms with E-state index in [0.29, 0.717) is 0 Å². The third kappa shape index (κ3) is 8.05. The first kappa shape index (κ1) is 20.2. The number of nitrogens with zero attached hydrogens (tertiary/aromatic N) is 3. The van der Waals surface area contributed by atoms with Gasteiger partial charge in [0.05, 0.1) is 21.1 Å². The van der Waals surface area contributed by atoms with Gasteiger partial charge >= 0.3 is 53.2 Å². The molecule has 0 bridgehead atoms. The van der Waals surface area contributed by atoms with Crippen LogP contribution in [0.4, 0.5) is 0 Å². The fourth-order valence-electron chi connectivity index (χ4n) is 1.85. The summed E-state index contributed by atoms with van der Waals surface area (Å²) in [6, 6.07) is 0. The van der Waals surface area contributed by atoms with Gasteiger partial charge < -0.3 is 4.90 Å². The van der Waals surface area contributed by atoms with E-state index in [0.717, 1.165) is 10.4 Å². The van der Waals surface area contributed by atoms with E-state index in [1.165, 1.54) is 18.5 Å². The Morgan fingerprint density at radius 3 is 1.33 bits per heavy atom. The minimum absolute atomic E-state index is 0.671. The van der Waals surface area contributed by atoms with Gasteiger partial charge in [0.15, 0.2) is 0 Å². The first-order chi connectivity index (χ1) is 8.07. The van der Waals surface area contributed by atoms with E-state index < -0.39 is 7.26 Å². The van der Waals surface area contributed by atoms with Crippen molar-refractivity contribution in [2.45, 2.75) is 20.8 Å². The average Bonchev–Trinajstić information content (AvgIpc) is 2.27. The molecule has 112 valence electrons. The molecule has 0 saturated heterocycles. The van der Waals surface area contributed by atoms with Crippen LogP contribution in [0.1, 0.15) is 20.8 Å². The predicted octanol–water partition coefficient (Wildman–Crippen LogP) is 2.67. The molecule has 0 unspecified atom stereocenters. The summed E-state index contributed by atoms with van der Waals surface area (Å²) >= 11 is 0. The molecule has 0 amide bonds. The summed E-state index contributed by atoms with van der Waals surface area (Å²) in [5, 5.41) is 0. The molecular formula is C14H37N3P+. The SMILES string of the molecule is C/N=C(\N(C)C)[N+](C)(C)C.CC[PH](C)(CC)CC. The van der Waals surface area contributed by atoms with Crippen molar-refractivity contribution in [3.63, 3.8) is 0 Å². The number of aliphatic imine (C=N–C) groups is 1. The van der Waals surface area contributed by atoms with Gasteiger partial charge in [0.1, 0.15) is 0 Å².